The highest BCUT2D eigenvalue weighted by molar-refractivity contribution is 7.89. The zero-order chi connectivity index (χ0) is 14.3. The molecule has 4 heteroatoms. The number of fused-ring (bicyclic) bond motifs is 1. The molecule has 3 rings (SSSR count). The molecule has 1 aliphatic carbocycles. The predicted octanol–water partition coefficient (Wildman–Crippen LogP) is 2.97. The highest BCUT2D eigenvalue weighted by atomic mass is 32.2. The van der Waals surface area contributed by atoms with Crippen LogP contribution in [0.25, 0.3) is 0 Å². The smallest absolute Gasteiger partial charge is 0.207 e. The van der Waals surface area contributed by atoms with E-state index in [2.05, 4.69) is 13.0 Å². The largest absolute Gasteiger partial charge is 0.243 e. The second-order valence-corrected chi connectivity index (χ2v) is 7.97. The summed E-state index contributed by atoms with van der Waals surface area (Å²) in [5, 5.41) is 0. The summed E-state index contributed by atoms with van der Waals surface area (Å²) in [6, 6.07) is 7.16. The highest BCUT2D eigenvalue weighted by Gasteiger charge is 2.40. The van der Waals surface area contributed by atoms with Crippen LogP contribution in [0.2, 0.25) is 0 Å². The predicted molar refractivity (Wildman–Crippen MR) is 79.9 cm³/mol. The van der Waals surface area contributed by atoms with Gasteiger partial charge in [-0.25, -0.2) is 8.42 Å². The number of rotatable bonds is 2. The van der Waals surface area contributed by atoms with Gasteiger partial charge < -0.3 is 0 Å². The minimum atomic E-state index is -3.33. The Balaban J connectivity index is 1.87. The lowest BCUT2D eigenvalue weighted by Gasteiger charge is -2.22. The molecule has 0 spiro atoms. The topological polar surface area (TPSA) is 37.4 Å². The third-order valence-corrected chi connectivity index (χ3v) is 6.50. The zero-order valence-electron chi connectivity index (χ0n) is 12.0. The lowest BCUT2D eigenvalue weighted by atomic mass is 9.82. The van der Waals surface area contributed by atoms with Crippen LogP contribution in [0.4, 0.5) is 0 Å². The van der Waals surface area contributed by atoms with Crippen molar-refractivity contribution in [2.75, 3.05) is 13.1 Å². The average molecular weight is 291 g/mol. The maximum absolute atomic E-state index is 12.7. The van der Waals surface area contributed by atoms with Crippen LogP contribution in [0.5, 0.6) is 0 Å². The molecule has 0 radical (unpaired) electrons. The van der Waals surface area contributed by atoms with Gasteiger partial charge in [0.15, 0.2) is 0 Å². The molecule has 108 valence electrons. The van der Waals surface area contributed by atoms with E-state index in [1.54, 1.807) is 16.4 Å². The van der Waals surface area contributed by atoms with E-state index in [1.165, 1.54) is 5.57 Å². The molecule has 3 nitrogen and oxygen atoms in total. The van der Waals surface area contributed by atoms with Crippen LogP contribution >= 0.6 is 0 Å². The molecule has 1 heterocycles. The van der Waals surface area contributed by atoms with Crippen LogP contribution < -0.4 is 0 Å². The van der Waals surface area contributed by atoms with Crippen molar-refractivity contribution in [1.82, 2.24) is 4.31 Å². The maximum Gasteiger partial charge on any atom is 0.243 e. The summed E-state index contributed by atoms with van der Waals surface area (Å²) in [5.74, 6) is 0.921. The minimum absolute atomic E-state index is 0.420. The monoisotopic (exact) mass is 291 g/mol. The van der Waals surface area contributed by atoms with E-state index in [0.29, 0.717) is 29.8 Å². The lowest BCUT2D eigenvalue weighted by molar-refractivity contribution is 0.416. The summed E-state index contributed by atoms with van der Waals surface area (Å²) < 4.78 is 27.1. The Kier molecular flexibility index (Phi) is 3.46. The summed E-state index contributed by atoms with van der Waals surface area (Å²) in [6.07, 6.45) is 4.47. The summed E-state index contributed by atoms with van der Waals surface area (Å²) in [4.78, 5) is 0.420. The molecule has 2 aliphatic rings. The number of hydrogen-bond acceptors (Lipinski definition) is 2. The molecular weight excluding hydrogens is 270 g/mol. The summed E-state index contributed by atoms with van der Waals surface area (Å²) in [6.45, 7) is 5.42. The van der Waals surface area contributed by atoms with Gasteiger partial charge in [-0.05, 0) is 50.7 Å². The van der Waals surface area contributed by atoms with Gasteiger partial charge in [-0.2, -0.15) is 4.31 Å². The second-order valence-electron chi connectivity index (χ2n) is 6.03. The Morgan fingerprint density at radius 2 is 1.80 bits per heavy atom. The Hall–Kier alpha value is -1.13. The molecule has 0 N–H and O–H groups in total. The van der Waals surface area contributed by atoms with E-state index in [9.17, 15) is 8.42 Å². The SMILES string of the molecule is CC1=CCC[C@H]2CN(S(=O)(=O)c3ccc(C)cc3)C[C@@H]12. The van der Waals surface area contributed by atoms with Crippen molar-refractivity contribution in [2.24, 2.45) is 11.8 Å². The van der Waals surface area contributed by atoms with Crippen LogP contribution in [0.1, 0.15) is 25.3 Å². The second kappa shape index (κ2) is 5.01. The fourth-order valence-corrected chi connectivity index (χ4v) is 4.89. The zero-order valence-corrected chi connectivity index (χ0v) is 12.9. The van der Waals surface area contributed by atoms with E-state index in [1.807, 2.05) is 19.1 Å². The molecule has 0 bridgehead atoms. The first-order valence-corrected chi connectivity index (χ1v) is 8.66. The molecule has 1 fully saturated rings. The number of benzene rings is 1. The van der Waals surface area contributed by atoms with Gasteiger partial charge in [-0.3, -0.25) is 0 Å². The number of aryl methyl sites for hydroxylation is 1. The van der Waals surface area contributed by atoms with Gasteiger partial charge in [0.2, 0.25) is 10.0 Å². The fraction of sp³-hybridized carbons (Fsp3) is 0.500. The number of nitrogens with zero attached hydrogens (tertiary/aromatic N) is 1. The van der Waals surface area contributed by atoms with E-state index in [-0.39, 0.29) is 0 Å². The van der Waals surface area contributed by atoms with E-state index in [0.717, 1.165) is 18.4 Å². The Morgan fingerprint density at radius 3 is 2.45 bits per heavy atom. The number of sulfonamides is 1. The molecule has 0 amide bonds. The summed E-state index contributed by atoms with van der Waals surface area (Å²) in [7, 11) is -3.33. The molecule has 2 atom stereocenters. The van der Waals surface area contributed by atoms with Crippen LogP contribution in [0, 0.1) is 18.8 Å². The van der Waals surface area contributed by atoms with Crippen LogP contribution in [0.3, 0.4) is 0 Å². The van der Waals surface area contributed by atoms with Crippen molar-refractivity contribution in [3.05, 3.63) is 41.5 Å². The van der Waals surface area contributed by atoms with Crippen molar-refractivity contribution < 1.29 is 8.42 Å². The van der Waals surface area contributed by atoms with E-state index < -0.39 is 10.0 Å². The van der Waals surface area contributed by atoms with Crippen molar-refractivity contribution >= 4 is 10.0 Å². The van der Waals surface area contributed by atoms with Crippen LogP contribution in [-0.2, 0) is 10.0 Å². The van der Waals surface area contributed by atoms with Crippen molar-refractivity contribution in [2.45, 2.75) is 31.6 Å². The number of hydrogen-bond donors (Lipinski definition) is 0. The molecule has 1 aromatic rings. The van der Waals surface area contributed by atoms with Gasteiger partial charge in [0.25, 0.3) is 0 Å². The van der Waals surface area contributed by atoms with Crippen molar-refractivity contribution in [1.29, 1.82) is 0 Å². The van der Waals surface area contributed by atoms with Crippen LogP contribution in [0.15, 0.2) is 40.8 Å². The first kappa shape index (κ1) is 13.8. The van der Waals surface area contributed by atoms with Crippen molar-refractivity contribution in [3.8, 4) is 0 Å². The third-order valence-electron chi connectivity index (χ3n) is 4.65. The van der Waals surface area contributed by atoms with Crippen LogP contribution in [-0.4, -0.2) is 25.8 Å². The Morgan fingerprint density at radius 1 is 1.10 bits per heavy atom. The van der Waals surface area contributed by atoms with E-state index >= 15 is 0 Å². The van der Waals surface area contributed by atoms with Gasteiger partial charge in [0.05, 0.1) is 4.90 Å². The van der Waals surface area contributed by atoms with E-state index in [4.69, 9.17) is 0 Å². The molecular formula is C16H21NO2S. The van der Waals surface area contributed by atoms with Crippen molar-refractivity contribution in [3.63, 3.8) is 0 Å². The Labute approximate surface area is 121 Å². The first-order chi connectivity index (χ1) is 9.48. The molecule has 20 heavy (non-hydrogen) atoms. The summed E-state index contributed by atoms with van der Waals surface area (Å²) >= 11 is 0. The summed E-state index contributed by atoms with van der Waals surface area (Å²) in [5.41, 5.74) is 2.45. The number of allylic oxidation sites excluding steroid dienone is 1. The third kappa shape index (κ3) is 2.31. The average Bonchev–Trinajstić information content (AvgIpc) is 2.85. The normalized spacial score (nSPS) is 27.2. The lowest BCUT2D eigenvalue weighted by Crippen LogP contribution is -2.29. The van der Waals surface area contributed by atoms with Gasteiger partial charge in [-0.1, -0.05) is 29.3 Å². The standard InChI is InChI=1S/C16H21NO2S/c1-12-6-8-15(9-7-12)20(18,19)17-10-14-5-3-4-13(2)16(14)11-17/h4,6-9,14,16H,3,5,10-11H2,1-2H3/t14-,16-/m0/s1. The highest BCUT2D eigenvalue weighted by Crippen LogP contribution is 2.38. The van der Waals surface area contributed by atoms with Gasteiger partial charge >= 0.3 is 0 Å². The van der Waals surface area contributed by atoms with Gasteiger partial charge in [0, 0.05) is 13.1 Å². The Bertz CT molecular complexity index is 631. The van der Waals surface area contributed by atoms with Gasteiger partial charge in [-0.15, -0.1) is 0 Å². The molecule has 1 aliphatic heterocycles. The fourth-order valence-electron chi connectivity index (χ4n) is 3.37. The minimum Gasteiger partial charge on any atom is -0.207 e. The molecule has 0 saturated carbocycles. The molecule has 0 unspecified atom stereocenters. The quantitative estimate of drug-likeness (QED) is 0.786. The maximum atomic E-state index is 12.7. The molecule has 0 aromatic heterocycles. The van der Waals surface area contributed by atoms with Gasteiger partial charge in [0.1, 0.15) is 0 Å². The first-order valence-electron chi connectivity index (χ1n) is 7.22. The molecule has 1 aromatic carbocycles. The molecule has 1 saturated heterocycles.